The van der Waals surface area contributed by atoms with Crippen molar-refractivity contribution in [2.45, 2.75) is 23.8 Å². The van der Waals surface area contributed by atoms with Crippen LogP contribution in [0.2, 0.25) is 0 Å². The molecule has 0 spiro atoms. The molecular weight excluding hydrogens is 246 g/mol. The summed E-state index contributed by atoms with van der Waals surface area (Å²) in [6.07, 6.45) is 0.689. The van der Waals surface area contributed by atoms with Gasteiger partial charge in [0.05, 0.1) is 6.07 Å². The maximum absolute atomic E-state index is 9.18. The lowest BCUT2D eigenvalue weighted by Crippen LogP contribution is -2.06. The maximum Gasteiger partial charge on any atom is 0.210 e. The lowest BCUT2D eigenvalue weighted by Gasteiger charge is -2.07. The highest BCUT2D eigenvalue weighted by atomic mass is 32.2. The topological polar surface area (TPSA) is 67.4 Å². The van der Waals surface area contributed by atoms with E-state index in [2.05, 4.69) is 45.9 Å². The molecule has 0 saturated heterocycles. The molecule has 1 aromatic heterocycles. The van der Waals surface area contributed by atoms with E-state index < -0.39 is 0 Å². The lowest BCUT2D eigenvalue weighted by molar-refractivity contribution is 0.664. The van der Waals surface area contributed by atoms with Crippen molar-refractivity contribution >= 4 is 11.8 Å². The van der Waals surface area contributed by atoms with Crippen LogP contribution in [0.4, 0.5) is 0 Å². The summed E-state index contributed by atoms with van der Waals surface area (Å²) in [5, 5.41) is 20.8. The SMILES string of the molecule is Cc1ccc(CC(C#N)Sc2nnnn2C)cc1. The molecule has 0 fully saturated rings. The highest BCUT2D eigenvalue weighted by molar-refractivity contribution is 8.00. The van der Waals surface area contributed by atoms with E-state index >= 15 is 0 Å². The first kappa shape index (κ1) is 12.6. The zero-order chi connectivity index (χ0) is 13.0. The highest BCUT2D eigenvalue weighted by Crippen LogP contribution is 2.22. The Morgan fingerprint density at radius 1 is 1.39 bits per heavy atom. The summed E-state index contributed by atoms with van der Waals surface area (Å²) in [7, 11) is 1.77. The number of aromatic nitrogens is 4. The summed E-state index contributed by atoms with van der Waals surface area (Å²) in [6, 6.07) is 10.5. The molecule has 1 unspecified atom stereocenters. The van der Waals surface area contributed by atoms with Gasteiger partial charge in [0.25, 0.3) is 0 Å². The molecule has 0 saturated carbocycles. The Balaban J connectivity index is 2.04. The van der Waals surface area contributed by atoms with E-state index in [4.69, 9.17) is 0 Å². The molecule has 0 aliphatic rings. The lowest BCUT2D eigenvalue weighted by atomic mass is 10.1. The summed E-state index contributed by atoms with van der Waals surface area (Å²) < 4.78 is 1.57. The second-order valence-electron chi connectivity index (χ2n) is 4.01. The van der Waals surface area contributed by atoms with Gasteiger partial charge < -0.3 is 0 Å². The normalized spacial score (nSPS) is 12.1. The van der Waals surface area contributed by atoms with Crippen molar-refractivity contribution in [3.05, 3.63) is 35.4 Å². The number of hydrogen-bond acceptors (Lipinski definition) is 5. The van der Waals surface area contributed by atoms with Gasteiger partial charge in [-0.1, -0.05) is 41.6 Å². The molecule has 5 nitrogen and oxygen atoms in total. The summed E-state index contributed by atoms with van der Waals surface area (Å²) in [4.78, 5) is 0. The van der Waals surface area contributed by atoms with Crippen molar-refractivity contribution in [2.75, 3.05) is 0 Å². The number of aryl methyl sites for hydroxylation is 2. The maximum atomic E-state index is 9.18. The van der Waals surface area contributed by atoms with Crippen molar-refractivity contribution in [3.63, 3.8) is 0 Å². The van der Waals surface area contributed by atoms with E-state index in [1.165, 1.54) is 17.3 Å². The molecule has 92 valence electrons. The minimum atomic E-state index is -0.183. The molecule has 2 aromatic rings. The largest absolute Gasteiger partial charge is 0.224 e. The standard InChI is InChI=1S/C12H13N5S/c1-9-3-5-10(6-4-9)7-11(8-13)18-12-14-15-16-17(12)2/h3-6,11H,7H2,1-2H3. The predicted molar refractivity (Wildman–Crippen MR) is 68.9 cm³/mol. The van der Waals surface area contributed by atoms with Gasteiger partial charge in [0.1, 0.15) is 5.25 Å². The quantitative estimate of drug-likeness (QED) is 0.782. The van der Waals surface area contributed by atoms with Crippen molar-refractivity contribution < 1.29 is 0 Å². The number of nitriles is 1. The van der Waals surface area contributed by atoms with Crippen LogP contribution in [0.1, 0.15) is 11.1 Å². The second kappa shape index (κ2) is 5.65. The Morgan fingerprint density at radius 3 is 2.67 bits per heavy atom. The van der Waals surface area contributed by atoms with E-state index in [-0.39, 0.29) is 5.25 Å². The molecule has 18 heavy (non-hydrogen) atoms. The van der Waals surface area contributed by atoms with Crippen LogP contribution in [0.5, 0.6) is 0 Å². The Morgan fingerprint density at radius 2 is 2.11 bits per heavy atom. The highest BCUT2D eigenvalue weighted by Gasteiger charge is 2.14. The van der Waals surface area contributed by atoms with Crippen molar-refractivity contribution in [1.29, 1.82) is 5.26 Å². The van der Waals surface area contributed by atoms with Crippen molar-refractivity contribution in [1.82, 2.24) is 20.2 Å². The van der Waals surface area contributed by atoms with Crippen LogP contribution in [0.15, 0.2) is 29.4 Å². The van der Waals surface area contributed by atoms with E-state index in [1.54, 1.807) is 11.7 Å². The summed E-state index contributed by atoms with van der Waals surface area (Å²) in [6.45, 7) is 2.05. The molecular formula is C12H13N5S. The summed E-state index contributed by atoms with van der Waals surface area (Å²) in [5.74, 6) is 0. The van der Waals surface area contributed by atoms with Gasteiger partial charge >= 0.3 is 0 Å². The fraction of sp³-hybridized carbons (Fsp3) is 0.333. The first-order chi connectivity index (χ1) is 8.69. The van der Waals surface area contributed by atoms with Gasteiger partial charge in [-0.25, -0.2) is 4.68 Å². The van der Waals surface area contributed by atoms with Gasteiger partial charge in [-0.15, -0.1) is 5.10 Å². The molecule has 0 amide bonds. The smallest absolute Gasteiger partial charge is 0.210 e. The second-order valence-corrected chi connectivity index (χ2v) is 5.18. The fourth-order valence-electron chi connectivity index (χ4n) is 1.50. The van der Waals surface area contributed by atoms with E-state index in [0.29, 0.717) is 11.6 Å². The zero-order valence-electron chi connectivity index (χ0n) is 10.2. The minimum Gasteiger partial charge on any atom is -0.224 e. The van der Waals surface area contributed by atoms with E-state index in [0.717, 1.165) is 5.56 Å². The predicted octanol–water partition coefficient (Wildman–Crippen LogP) is 1.75. The Kier molecular flexibility index (Phi) is 3.95. The van der Waals surface area contributed by atoms with Crippen LogP contribution >= 0.6 is 11.8 Å². The third-order valence-corrected chi connectivity index (χ3v) is 3.63. The Bertz CT molecular complexity index is 555. The van der Waals surface area contributed by atoms with Crippen LogP contribution in [0.25, 0.3) is 0 Å². The molecule has 2 rings (SSSR count). The molecule has 1 aromatic carbocycles. The Labute approximate surface area is 110 Å². The molecule has 6 heteroatoms. The van der Waals surface area contributed by atoms with Gasteiger partial charge in [-0.3, -0.25) is 0 Å². The van der Waals surface area contributed by atoms with Gasteiger partial charge in [-0.2, -0.15) is 5.26 Å². The van der Waals surface area contributed by atoms with Crippen LogP contribution in [-0.2, 0) is 13.5 Å². The molecule has 1 atom stereocenters. The first-order valence-corrected chi connectivity index (χ1v) is 6.41. The van der Waals surface area contributed by atoms with Gasteiger partial charge in [-0.05, 0) is 29.3 Å². The number of nitrogens with zero attached hydrogens (tertiary/aromatic N) is 5. The monoisotopic (exact) mass is 259 g/mol. The molecule has 0 bridgehead atoms. The van der Waals surface area contributed by atoms with Gasteiger partial charge in [0.2, 0.25) is 5.16 Å². The Hall–Kier alpha value is -1.87. The molecule has 1 heterocycles. The number of thioether (sulfide) groups is 1. The van der Waals surface area contributed by atoms with Gasteiger partial charge in [0.15, 0.2) is 0 Å². The third kappa shape index (κ3) is 3.08. The molecule has 0 aliphatic heterocycles. The van der Waals surface area contributed by atoms with Crippen LogP contribution in [0, 0.1) is 18.3 Å². The minimum absolute atomic E-state index is 0.183. The summed E-state index contributed by atoms with van der Waals surface area (Å²) in [5.41, 5.74) is 2.37. The number of hydrogen-bond donors (Lipinski definition) is 0. The zero-order valence-corrected chi connectivity index (χ0v) is 11.1. The molecule has 0 radical (unpaired) electrons. The number of tetrazole rings is 1. The van der Waals surface area contributed by atoms with E-state index in [1.807, 2.05) is 6.92 Å². The van der Waals surface area contributed by atoms with Crippen LogP contribution in [0.3, 0.4) is 0 Å². The first-order valence-electron chi connectivity index (χ1n) is 5.53. The fourth-order valence-corrected chi connectivity index (χ4v) is 2.36. The van der Waals surface area contributed by atoms with Crippen molar-refractivity contribution in [2.24, 2.45) is 7.05 Å². The average molecular weight is 259 g/mol. The number of benzene rings is 1. The van der Waals surface area contributed by atoms with Crippen LogP contribution < -0.4 is 0 Å². The molecule has 0 N–H and O–H groups in total. The van der Waals surface area contributed by atoms with Crippen LogP contribution in [-0.4, -0.2) is 25.5 Å². The third-order valence-electron chi connectivity index (χ3n) is 2.51. The van der Waals surface area contributed by atoms with Gasteiger partial charge in [0, 0.05) is 7.05 Å². The summed E-state index contributed by atoms with van der Waals surface area (Å²) >= 11 is 1.39. The molecule has 0 aliphatic carbocycles. The van der Waals surface area contributed by atoms with Crippen molar-refractivity contribution in [3.8, 4) is 6.07 Å². The van der Waals surface area contributed by atoms with E-state index in [9.17, 15) is 5.26 Å². The average Bonchev–Trinajstić information content (AvgIpc) is 2.77. The number of rotatable bonds is 4.